The highest BCUT2D eigenvalue weighted by atomic mass is 35.5. The Morgan fingerprint density at radius 1 is 1.14 bits per heavy atom. The van der Waals surface area contributed by atoms with Crippen LogP contribution in [0.15, 0.2) is 41.3 Å². The van der Waals surface area contributed by atoms with Crippen LogP contribution in [-0.2, 0) is 10.0 Å². The van der Waals surface area contributed by atoms with Crippen molar-refractivity contribution in [2.45, 2.75) is 18.7 Å². The molecule has 0 aliphatic rings. The van der Waals surface area contributed by atoms with Crippen LogP contribution in [0.3, 0.4) is 0 Å². The molecule has 4 nitrogen and oxygen atoms in total. The third-order valence-corrected chi connectivity index (χ3v) is 5.92. The van der Waals surface area contributed by atoms with E-state index in [0.717, 1.165) is 20.8 Å². The van der Waals surface area contributed by atoms with Crippen LogP contribution in [0.25, 0.3) is 10.2 Å². The molecule has 0 aliphatic carbocycles. The van der Waals surface area contributed by atoms with Crippen LogP contribution in [-0.4, -0.2) is 13.4 Å². The minimum absolute atomic E-state index is 0.0698. The molecule has 0 bridgehead atoms. The number of aryl methyl sites for hydroxylation is 2. The van der Waals surface area contributed by atoms with Gasteiger partial charge < -0.3 is 0 Å². The molecular formula is C15H13ClN2O2S2. The third-order valence-electron chi connectivity index (χ3n) is 3.12. The van der Waals surface area contributed by atoms with Crippen molar-refractivity contribution in [1.29, 1.82) is 0 Å². The molecule has 0 fully saturated rings. The summed E-state index contributed by atoms with van der Waals surface area (Å²) < 4.78 is 28.4. The van der Waals surface area contributed by atoms with Gasteiger partial charge in [-0.2, -0.15) is 0 Å². The maximum atomic E-state index is 12.5. The van der Waals surface area contributed by atoms with Gasteiger partial charge in [-0.3, -0.25) is 4.72 Å². The number of hydrogen-bond acceptors (Lipinski definition) is 4. The van der Waals surface area contributed by atoms with Crippen molar-refractivity contribution in [3.63, 3.8) is 0 Å². The van der Waals surface area contributed by atoms with Gasteiger partial charge in [-0.15, -0.1) is 11.3 Å². The average Bonchev–Trinajstić information content (AvgIpc) is 2.77. The Balaban J connectivity index is 1.98. The average molecular weight is 353 g/mol. The summed E-state index contributed by atoms with van der Waals surface area (Å²) in [6.07, 6.45) is 0. The largest absolute Gasteiger partial charge is 0.280 e. The molecule has 22 heavy (non-hydrogen) atoms. The number of rotatable bonds is 3. The van der Waals surface area contributed by atoms with Crippen LogP contribution < -0.4 is 4.72 Å². The number of thiazole rings is 1. The van der Waals surface area contributed by atoms with Gasteiger partial charge in [-0.05, 0) is 49.7 Å². The summed E-state index contributed by atoms with van der Waals surface area (Å²) in [5.41, 5.74) is 2.26. The first-order valence-electron chi connectivity index (χ1n) is 6.51. The minimum Gasteiger partial charge on any atom is -0.280 e. The second-order valence-electron chi connectivity index (χ2n) is 4.95. The highest BCUT2D eigenvalue weighted by Crippen LogP contribution is 2.28. The van der Waals surface area contributed by atoms with Gasteiger partial charge in [-0.25, -0.2) is 13.4 Å². The van der Waals surface area contributed by atoms with Crippen molar-refractivity contribution in [2.75, 3.05) is 4.72 Å². The monoisotopic (exact) mass is 352 g/mol. The maximum absolute atomic E-state index is 12.5. The van der Waals surface area contributed by atoms with E-state index in [9.17, 15) is 8.42 Å². The molecule has 0 atom stereocenters. The summed E-state index contributed by atoms with van der Waals surface area (Å²) in [4.78, 5) is 4.42. The molecule has 0 unspecified atom stereocenters. The lowest BCUT2D eigenvalue weighted by molar-refractivity contribution is 0.601. The SMILES string of the molecule is Cc1ccc(S(=O)(=O)Nc2ccc3nc(C)sc3c2)c(Cl)c1. The highest BCUT2D eigenvalue weighted by Gasteiger charge is 2.18. The lowest BCUT2D eigenvalue weighted by atomic mass is 10.2. The zero-order valence-electron chi connectivity index (χ0n) is 11.9. The van der Waals surface area contributed by atoms with E-state index in [4.69, 9.17) is 11.6 Å². The first-order valence-corrected chi connectivity index (χ1v) is 9.19. The number of nitrogens with zero attached hydrogens (tertiary/aromatic N) is 1. The van der Waals surface area contributed by atoms with Crippen molar-refractivity contribution >= 4 is 48.9 Å². The molecule has 0 spiro atoms. The Bertz CT molecular complexity index is 965. The zero-order valence-corrected chi connectivity index (χ0v) is 14.3. The van der Waals surface area contributed by atoms with Gasteiger partial charge in [-0.1, -0.05) is 17.7 Å². The van der Waals surface area contributed by atoms with Gasteiger partial charge in [0, 0.05) is 0 Å². The summed E-state index contributed by atoms with van der Waals surface area (Å²) in [7, 11) is -3.72. The fourth-order valence-corrected chi connectivity index (χ4v) is 4.65. The van der Waals surface area contributed by atoms with Crippen LogP contribution in [0.2, 0.25) is 5.02 Å². The molecule has 1 aromatic heterocycles. The van der Waals surface area contributed by atoms with Crippen molar-refractivity contribution in [3.8, 4) is 0 Å². The van der Waals surface area contributed by atoms with Crippen LogP contribution in [0.5, 0.6) is 0 Å². The second kappa shape index (κ2) is 5.53. The number of fused-ring (bicyclic) bond motifs is 1. The Labute approximate surface area is 137 Å². The van der Waals surface area contributed by atoms with Gasteiger partial charge >= 0.3 is 0 Å². The molecule has 1 N–H and O–H groups in total. The first kappa shape index (κ1) is 15.3. The van der Waals surface area contributed by atoms with Crippen LogP contribution in [0.4, 0.5) is 5.69 Å². The van der Waals surface area contributed by atoms with Gasteiger partial charge in [0.2, 0.25) is 0 Å². The molecule has 0 amide bonds. The zero-order chi connectivity index (χ0) is 15.9. The molecule has 0 saturated heterocycles. The molecule has 3 rings (SSSR count). The molecule has 114 valence electrons. The van der Waals surface area contributed by atoms with E-state index in [-0.39, 0.29) is 9.92 Å². The van der Waals surface area contributed by atoms with E-state index in [2.05, 4.69) is 9.71 Å². The number of nitrogens with one attached hydrogen (secondary N) is 1. The third kappa shape index (κ3) is 2.95. The molecular weight excluding hydrogens is 340 g/mol. The van der Waals surface area contributed by atoms with E-state index in [0.29, 0.717) is 5.69 Å². The Morgan fingerprint density at radius 2 is 1.91 bits per heavy atom. The number of benzene rings is 2. The van der Waals surface area contributed by atoms with Crippen molar-refractivity contribution < 1.29 is 8.42 Å². The van der Waals surface area contributed by atoms with Crippen LogP contribution in [0.1, 0.15) is 10.6 Å². The second-order valence-corrected chi connectivity index (χ2v) is 8.25. The summed E-state index contributed by atoms with van der Waals surface area (Å²) in [6.45, 7) is 3.77. The number of hydrogen-bond donors (Lipinski definition) is 1. The number of sulfonamides is 1. The Kier molecular flexibility index (Phi) is 3.84. The van der Waals surface area contributed by atoms with Gasteiger partial charge in [0.25, 0.3) is 10.0 Å². The van der Waals surface area contributed by atoms with E-state index >= 15 is 0 Å². The van der Waals surface area contributed by atoms with Crippen LogP contribution in [0, 0.1) is 13.8 Å². The predicted molar refractivity (Wildman–Crippen MR) is 91.4 cm³/mol. The van der Waals surface area contributed by atoms with Crippen molar-refractivity contribution in [1.82, 2.24) is 4.98 Å². The fourth-order valence-electron chi connectivity index (χ4n) is 2.14. The molecule has 1 heterocycles. The normalized spacial score (nSPS) is 11.8. The lowest BCUT2D eigenvalue weighted by Gasteiger charge is -2.10. The summed E-state index contributed by atoms with van der Waals surface area (Å²) in [6, 6.07) is 10.1. The summed E-state index contributed by atoms with van der Waals surface area (Å²) >= 11 is 7.57. The highest BCUT2D eigenvalue weighted by molar-refractivity contribution is 7.92. The van der Waals surface area contributed by atoms with E-state index in [1.54, 1.807) is 30.3 Å². The van der Waals surface area contributed by atoms with Gasteiger partial charge in [0.05, 0.1) is 25.9 Å². The van der Waals surface area contributed by atoms with Crippen molar-refractivity contribution in [2.24, 2.45) is 0 Å². The number of aromatic nitrogens is 1. The van der Waals surface area contributed by atoms with Gasteiger partial charge in [0.15, 0.2) is 0 Å². The summed E-state index contributed by atoms with van der Waals surface area (Å²) in [5.74, 6) is 0. The molecule has 0 saturated carbocycles. The Morgan fingerprint density at radius 3 is 2.64 bits per heavy atom. The molecule has 3 aromatic rings. The number of anilines is 1. The molecule has 7 heteroatoms. The lowest BCUT2D eigenvalue weighted by Crippen LogP contribution is -2.13. The van der Waals surface area contributed by atoms with E-state index in [1.165, 1.54) is 17.4 Å². The first-order chi connectivity index (χ1) is 10.3. The molecule has 0 radical (unpaired) electrons. The topological polar surface area (TPSA) is 59.1 Å². The predicted octanol–water partition coefficient (Wildman–Crippen LogP) is 4.37. The molecule has 0 aliphatic heterocycles. The smallest absolute Gasteiger partial charge is 0.263 e. The van der Waals surface area contributed by atoms with E-state index in [1.807, 2.05) is 13.8 Å². The van der Waals surface area contributed by atoms with Gasteiger partial charge in [0.1, 0.15) is 4.90 Å². The van der Waals surface area contributed by atoms with E-state index < -0.39 is 10.0 Å². The fraction of sp³-hybridized carbons (Fsp3) is 0.133. The quantitative estimate of drug-likeness (QED) is 0.761. The minimum atomic E-state index is -3.72. The van der Waals surface area contributed by atoms with Crippen molar-refractivity contribution in [3.05, 3.63) is 52.0 Å². The Hall–Kier alpha value is -1.63. The maximum Gasteiger partial charge on any atom is 0.263 e. The number of halogens is 1. The standard InChI is InChI=1S/C15H13ClN2O2S2/c1-9-3-6-15(12(16)7-9)22(19,20)18-11-4-5-13-14(8-11)21-10(2)17-13/h3-8,18H,1-2H3. The summed E-state index contributed by atoms with van der Waals surface area (Å²) in [5, 5.41) is 1.15. The van der Waals surface area contributed by atoms with Crippen LogP contribution >= 0.6 is 22.9 Å². The molecule has 2 aromatic carbocycles.